The number of hydrogen-bond donors (Lipinski definition) is 1. The molecule has 1 fully saturated rings. The van der Waals surface area contributed by atoms with Crippen LogP contribution in [-0.2, 0) is 4.79 Å². The van der Waals surface area contributed by atoms with E-state index in [2.05, 4.69) is 0 Å². The molecule has 1 aliphatic rings. The van der Waals surface area contributed by atoms with Crippen molar-refractivity contribution in [3.63, 3.8) is 0 Å². The van der Waals surface area contributed by atoms with Crippen molar-refractivity contribution >= 4 is 5.91 Å². The Labute approximate surface area is 79.7 Å². The zero-order valence-electron chi connectivity index (χ0n) is 8.71. The minimum atomic E-state index is -0.539. The van der Waals surface area contributed by atoms with E-state index < -0.39 is 5.60 Å². The van der Waals surface area contributed by atoms with Gasteiger partial charge >= 0.3 is 0 Å². The summed E-state index contributed by atoms with van der Waals surface area (Å²) in [6.45, 7) is 1.85. The lowest BCUT2D eigenvalue weighted by Crippen LogP contribution is -2.37. The summed E-state index contributed by atoms with van der Waals surface area (Å²) in [5, 5.41) is 9.69. The van der Waals surface area contributed by atoms with E-state index in [0.29, 0.717) is 0 Å². The molecule has 76 valence electrons. The van der Waals surface area contributed by atoms with Gasteiger partial charge in [-0.15, -0.1) is 0 Å². The van der Waals surface area contributed by atoms with Crippen molar-refractivity contribution in [2.45, 2.75) is 38.2 Å². The van der Waals surface area contributed by atoms with E-state index in [4.69, 9.17) is 0 Å². The average Bonchev–Trinajstić information content (AvgIpc) is 2.03. The van der Waals surface area contributed by atoms with Crippen molar-refractivity contribution in [2.24, 2.45) is 5.92 Å². The van der Waals surface area contributed by atoms with Crippen LogP contribution in [0, 0.1) is 5.92 Å². The fourth-order valence-electron chi connectivity index (χ4n) is 1.85. The Morgan fingerprint density at radius 2 is 1.85 bits per heavy atom. The van der Waals surface area contributed by atoms with E-state index >= 15 is 0 Å². The number of aliphatic hydroxyl groups is 1. The van der Waals surface area contributed by atoms with Gasteiger partial charge < -0.3 is 10.0 Å². The summed E-state index contributed by atoms with van der Waals surface area (Å²) in [6.07, 6.45) is 3.14. The van der Waals surface area contributed by atoms with E-state index in [1.165, 1.54) is 0 Å². The predicted molar refractivity (Wildman–Crippen MR) is 51.3 cm³/mol. The number of carbonyl (C=O) groups excluding carboxylic acids is 1. The summed E-state index contributed by atoms with van der Waals surface area (Å²) in [7, 11) is 3.57. The Kier molecular flexibility index (Phi) is 2.96. The Morgan fingerprint density at radius 1 is 1.38 bits per heavy atom. The van der Waals surface area contributed by atoms with Crippen LogP contribution in [-0.4, -0.2) is 35.6 Å². The van der Waals surface area contributed by atoms with E-state index in [0.717, 1.165) is 25.7 Å². The molecule has 0 aliphatic heterocycles. The second-order valence-electron chi connectivity index (χ2n) is 4.50. The third kappa shape index (κ3) is 2.69. The average molecular weight is 185 g/mol. The van der Waals surface area contributed by atoms with Crippen molar-refractivity contribution in [1.29, 1.82) is 0 Å². The van der Waals surface area contributed by atoms with Gasteiger partial charge in [0.25, 0.3) is 0 Å². The van der Waals surface area contributed by atoms with Crippen LogP contribution in [0.5, 0.6) is 0 Å². The topological polar surface area (TPSA) is 40.5 Å². The molecule has 13 heavy (non-hydrogen) atoms. The van der Waals surface area contributed by atoms with Gasteiger partial charge in [0.2, 0.25) is 5.91 Å². The summed E-state index contributed by atoms with van der Waals surface area (Å²) >= 11 is 0. The second kappa shape index (κ2) is 3.66. The van der Waals surface area contributed by atoms with Crippen molar-refractivity contribution in [3.8, 4) is 0 Å². The molecule has 1 saturated carbocycles. The highest BCUT2D eigenvalue weighted by atomic mass is 16.3. The van der Waals surface area contributed by atoms with Crippen LogP contribution >= 0.6 is 0 Å². The fourth-order valence-corrected chi connectivity index (χ4v) is 1.85. The van der Waals surface area contributed by atoms with Gasteiger partial charge in [-0.2, -0.15) is 0 Å². The number of amides is 1. The second-order valence-corrected chi connectivity index (χ2v) is 4.50. The van der Waals surface area contributed by atoms with Crippen LogP contribution in [0.3, 0.4) is 0 Å². The molecule has 3 heteroatoms. The van der Waals surface area contributed by atoms with Gasteiger partial charge in [0.05, 0.1) is 5.60 Å². The normalized spacial score (nSPS) is 34.3. The van der Waals surface area contributed by atoms with Crippen LogP contribution in [0.1, 0.15) is 32.6 Å². The molecule has 0 radical (unpaired) electrons. The maximum Gasteiger partial charge on any atom is 0.225 e. The Hall–Kier alpha value is -0.570. The van der Waals surface area contributed by atoms with E-state index in [1.54, 1.807) is 19.0 Å². The first-order chi connectivity index (χ1) is 5.92. The molecule has 1 amide bonds. The molecule has 3 nitrogen and oxygen atoms in total. The van der Waals surface area contributed by atoms with Gasteiger partial charge in [-0.1, -0.05) is 0 Å². The molecule has 0 aromatic rings. The third-order valence-corrected chi connectivity index (χ3v) is 2.85. The zero-order valence-corrected chi connectivity index (χ0v) is 8.71. The van der Waals surface area contributed by atoms with E-state index in [1.807, 2.05) is 6.92 Å². The third-order valence-electron chi connectivity index (χ3n) is 2.85. The lowest BCUT2D eigenvalue weighted by molar-refractivity contribution is -0.135. The molecule has 1 rings (SSSR count). The minimum Gasteiger partial charge on any atom is -0.390 e. The van der Waals surface area contributed by atoms with Crippen LogP contribution in [0.25, 0.3) is 0 Å². The fraction of sp³-hybridized carbons (Fsp3) is 0.900. The highest BCUT2D eigenvalue weighted by Gasteiger charge is 2.32. The van der Waals surface area contributed by atoms with Gasteiger partial charge in [0, 0.05) is 20.0 Å². The molecule has 0 aromatic carbocycles. The summed E-state index contributed by atoms with van der Waals surface area (Å²) in [4.78, 5) is 13.2. The quantitative estimate of drug-likeness (QED) is 0.662. The molecule has 0 bridgehead atoms. The number of rotatable bonds is 1. The number of carbonyl (C=O) groups is 1. The molecule has 0 heterocycles. The van der Waals surface area contributed by atoms with Crippen LogP contribution in [0.15, 0.2) is 0 Å². The summed E-state index contributed by atoms with van der Waals surface area (Å²) in [5.41, 5.74) is -0.539. The van der Waals surface area contributed by atoms with Crippen LogP contribution in [0.2, 0.25) is 0 Å². The van der Waals surface area contributed by atoms with Crippen molar-refractivity contribution < 1.29 is 9.90 Å². The first-order valence-electron chi connectivity index (χ1n) is 4.86. The molecular formula is C10H19NO2. The van der Waals surface area contributed by atoms with Crippen molar-refractivity contribution in [3.05, 3.63) is 0 Å². The van der Waals surface area contributed by atoms with Crippen LogP contribution in [0.4, 0.5) is 0 Å². The molecule has 0 saturated heterocycles. The molecule has 0 spiro atoms. The molecule has 0 unspecified atom stereocenters. The highest BCUT2D eigenvalue weighted by Crippen LogP contribution is 2.32. The maximum atomic E-state index is 11.6. The molecule has 0 atom stereocenters. The van der Waals surface area contributed by atoms with Crippen LogP contribution < -0.4 is 0 Å². The Bertz CT molecular complexity index is 189. The lowest BCUT2D eigenvalue weighted by Gasteiger charge is -2.33. The monoisotopic (exact) mass is 185 g/mol. The van der Waals surface area contributed by atoms with Gasteiger partial charge in [0.15, 0.2) is 0 Å². The number of hydrogen-bond acceptors (Lipinski definition) is 2. The molecular weight excluding hydrogens is 166 g/mol. The van der Waals surface area contributed by atoms with Gasteiger partial charge in [-0.3, -0.25) is 4.79 Å². The largest absolute Gasteiger partial charge is 0.390 e. The molecule has 1 N–H and O–H groups in total. The summed E-state index contributed by atoms with van der Waals surface area (Å²) < 4.78 is 0. The first kappa shape index (κ1) is 10.5. The Balaban J connectivity index is 2.46. The van der Waals surface area contributed by atoms with E-state index in [9.17, 15) is 9.90 Å². The summed E-state index contributed by atoms with van der Waals surface area (Å²) in [5.74, 6) is 0.339. The van der Waals surface area contributed by atoms with Gasteiger partial charge in [-0.05, 0) is 32.6 Å². The van der Waals surface area contributed by atoms with E-state index in [-0.39, 0.29) is 11.8 Å². The van der Waals surface area contributed by atoms with Gasteiger partial charge in [-0.25, -0.2) is 0 Å². The first-order valence-corrected chi connectivity index (χ1v) is 4.86. The van der Waals surface area contributed by atoms with Gasteiger partial charge in [0.1, 0.15) is 0 Å². The minimum absolute atomic E-state index is 0.134. The maximum absolute atomic E-state index is 11.6. The molecule has 1 aliphatic carbocycles. The lowest BCUT2D eigenvalue weighted by atomic mass is 9.79. The predicted octanol–water partition coefficient (Wildman–Crippen LogP) is 1.02. The SMILES string of the molecule is CN(C)C(=O)[C@H]1CC[C@](C)(O)CC1. The highest BCUT2D eigenvalue weighted by molar-refractivity contribution is 5.78. The smallest absolute Gasteiger partial charge is 0.225 e. The molecule has 0 aromatic heterocycles. The van der Waals surface area contributed by atoms with Crippen molar-refractivity contribution in [2.75, 3.05) is 14.1 Å². The summed E-state index contributed by atoms with van der Waals surface area (Å²) in [6, 6.07) is 0. The Morgan fingerprint density at radius 3 is 2.23 bits per heavy atom. The van der Waals surface area contributed by atoms with Crippen molar-refractivity contribution in [1.82, 2.24) is 4.90 Å². The zero-order chi connectivity index (χ0) is 10.1. The standard InChI is InChI=1S/C10H19NO2/c1-10(13)6-4-8(5-7-10)9(12)11(2)3/h8,13H,4-7H2,1-3H3/t8-,10-. The number of nitrogens with zero attached hydrogens (tertiary/aromatic N) is 1.